The molecule has 0 unspecified atom stereocenters. The molecule has 0 fully saturated rings. The number of hydrogen-bond acceptors (Lipinski definition) is 6. The van der Waals surface area contributed by atoms with Crippen molar-refractivity contribution in [3.05, 3.63) is 340 Å². The number of rotatable bonds is 7. The Kier molecular flexibility index (Phi) is 12.0. The maximum Gasteiger partial charge on any atom is 0.235 e. The molecule has 0 radical (unpaired) electrons. The molecule has 0 saturated heterocycles. The van der Waals surface area contributed by atoms with Gasteiger partial charge < -0.3 is 18.0 Å². The van der Waals surface area contributed by atoms with E-state index in [0.29, 0.717) is 11.8 Å². The molecular formula is C100H56N8O2. The predicted octanol–water partition coefficient (Wildman–Crippen LogP) is 26.2. The highest BCUT2D eigenvalue weighted by Crippen LogP contribution is 2.49. The van der Waals surface area contributed by atoms with Crippen molar-refractivity contribution >= 4 is 185 Å². The van der Waals surface area contributed by atoms with E-state index in [9.17, 15) is 0 Å². The van der Waals surface area contributed by atoms with Crippen LogP contribution in [0, 0.1) is 0 Å². The summed E-state index contributed by atoms with van der Waals surface area (Å²) in [5.74, 6) is 1.28. The first-order valence-electron chi connectivity index (χ1n) is 37.3. The van der Waals surface area contributed by atoms with E-state index in [-0.39, 0.29) is 0 Å². The van der Waals surface area contributed by atoms with E-state index in [1.165, 1.54) is 43.1 Å². The first-order valence-corrected chi connectivity index (χ1v) is 37.3. The van der Waals surface area contributed by atoms with Crippen LogP contribution in [0.3, 0.4) is 0 Å². The van der Waals surface area contributed by atoms with Gasteiger partial charge in [-0.15, -0.1) is 0 Å². The Morgan fingerprint density at radius 3 is 1.34 bits per heavy atom. The highest BCUT2D eigenvalue weighted by atomic mass is 16.3. The van der Waals surface area contributed by atoms with E-state index in [0.717, 1.165) is 187 Å². The molecule has 0 bridgehead atoms. The largest absolute Gasteiger partial charge is 0.456 e. The molecule has 0 N–H and O–H groups in total. The molecule has 8 aromatic heterocycles. The highest BCUT2D eigenvalue weighted by molar-refractivity contribution is 6.26. The van der Waals surface area contributed by atoms with Crippen LogP contribution < -0.4 is 0 Å². The lowest BCUT2D eigenvalue weighted by Gasteiger charge is -2.15. The first-order chi connectivity index (χ1) is 54.5. The van der Waals surface area contributed by atoms with Crippen molar-refractivity contribution in [3.63, 3.8) is 0 Å². The van der Waals surface area contributed by atoms with Crippen molar-refractivity contribution in [2.24, 2.45) is 0 Å². The smallest absolute Gasteiger partial charge is 0.235 e. The zero-order valence-electron chi connectivity index (χ0n) is 58.7. The van der Waals surface area contributed by atoms with Crippen LogP contribution in [0.25, 0.3) is 242 Å². The van der Waals surface area contributed by atoms with Gasteiger partial charge in [0.05, 0.1) is 66.4 Å². The van der Waals surface area contributed by atoms with E-state index in [1.54, 1.807) is 0 Å². The van der Waals surface area contributed by atoms with Crippen LogP contribution in [0.2, 0.25) is 0 Å². The molecule has 0 aliphatic carbocycles. The van der Waals surface area contributed by atoms with E-state index < -0.39 is 0 Å². The molecule has 10 heteroatoms. The normalized spacial score (nSPS) is 12.4. The maximum atomic E-state index is 7.03. The third-order valence-electron chi connectivity index (χ3n) is 23.3. The van der Waals surface area contributed by atoms with Crippen molar-refractivity contribution in [1.82, 2.24) is 38.2 Å². The van der Waals surface area contributed by atoms with E-state index in [2.05, 4.69) is 328 Å². The van der Waals surface area contributed by atoms with Gasteiger partial charge in [-0.05, 0) is 159 Å². The minimum atomic E-state index is 0.568. The monoisotopic (exact) mass is 1400 g/mol. The Bertz CT molecular complexity index is 8340. The summed E-state index contributed by atoms with van der Waals surface area (Å²) in [5, 5.41) is 21.2. The average molecular weight is 1400 g/mol. The minimum absolute atomic E-state index is 0.568. The van der Waals surface area contributed by atoms with Crippen molar-refractivity contribution in [2.75, 3.05) is 0 Å². The Balaban J connectivity index is 0.722. The number of benzene rings is 17. The van der Waals surface area contributed by atoms with Crippen molar-refractivity contribution < 1.29 is 8.83 Å². The van der Waals surface area contributed by atoms with Crippen LogP contribution in [-0.4, -0.2) is 38.2 Å². The van der Waals surface area contributed by atoms with Gasteiger partial charge in [0.1, 0.15) is 28.0 Å². The number of aromatic nitrogens is 8. The van der Waals surface area contributed by atoms with Gasteiger partial charge in [-0.1, -0.05) is 224 Å². The third-order valence-corrected chi connectivity index (χ3v) is 23.3. The molecule has 110 heavy (non-hydrogen) atoms. The second-order valence-electron chi connectivity index (χ2n) is 29.1. The molecule has 25 rings (SSSR count). The van der Waals surface area contributed by atoms with Gasteiger partial charge in [0.15, 0.2) is 5.82 Å². The summed E-state index contributed by atoms with van der Waals surface area (Å²) >= 11 is 0. The summed E-state index contributed by atoms with van der Waals surface area (Å²) < 4.78 is 23.1. The minimum Gasteiger partial charge on any atom is -0.456 e. The molecule has 0 atom stereocenters. The fraction of sp³-hybridized carbons (Fsp3) is 0. The second kappa shape index (κ2) is 22.3. The van der Waals surface area contributed by atoms with Crippen LogP contribution in [0.15, 0.2) is 349 Å². The number of nitrogens with zero attached hydrogens (tertiary/aromatic N) is 8. The molecule has 0 aliphatic heterocycles. The molecule has 0 amide bonds. The van der Waals surface area contributed by atoms with Crippen molar-refractivity contribution in [3.8, 4) is 56.8 Å². The van der Waals surface area contributed by atoms with E-state index in [4.69, 9.17) is 28.8 Å². The Morgan fingerprint density at radius 2 is 0.673 bits per heavy atom. The van der Waals surface area contributed by atoms with Gasteiger partial charge >= 0.3 is 0 Å². The Labute approximate surface area is 625 Å². The summed E-state index contributed by atoms with van der Waals surface area (Å²) in [5.41, 5.74) is 21.7. The van der Waals surface area contributed by atoms with Gasteiger partial charge in [0, 0.05) is 92.5 Å². The topological polar surface area (TPSA) is 97.6 Å². The first kappa shape index (κ1) is 59.3. The number of fused-ring (bicyclic) bond motifs is 26. The number of hydrogen-bond donors (Lipinski definition) is 0. The zero-order valence-corrected chi connectivity index (χ0v) is 58.7. The molecule has 0 spiro atoms. The molecule has 17 aromatic carbocycles. The summed E-state index contributed by atoms with van der Waals surface area (Å²) in [4.78, 5) is 22.9. The second-order valence-corrected chi connectivity index (χ2v) is 29.1. The standard InChI is InChI=1S/C100H56N8O2/c1-3-22-64-57(20-1)41-49-83-92(64)70-27-8-16-36-82(70)106(83)63-45-47-71-86(55-63)107(99-98(101-78-32-12-13-33-79(78)102-99)75-30-19-39-90-95(75)73-28-9-17-37-88(73)109-90)84-51-43-60-52-59(40-46-66(60)94(71)84)61-53-76(96-74-29-10-18-38-89(74)110-91(96)54-61)97-69-26-5-11-31-77(69)103-100(104-97)108-85-50-42-58-21-2-4-23-65(58)93(85)72-48-44-62(56-87(72)108)105-80-34-14-6-24-67(80)68-25-7-15-35-81(68)105/h1-56H. The third kappa shape index (κ3) is 8.30. The zero-order chi connectivity index (χ0) is 71.6. The maximum absolute atomic E-state index is 7.03. The van der Waals surface area contributed by atoms with Crippen LogP contribution >= 0.6 is 0 Å². The van der Waals surface area contributed by atoms with Gasteiger partial charge in [-0.3, -0.25) is 9.13 Å². The van der Waals surface area contributed by atoms with Crippen LogP contribution in [0.5, 0.6) is 0 Å². The average Bonchev–Trinajstić information content (AvgIpc) is 1.54. The number of para-hydroxylation sites is 8. The van der Waals surface area contributed by atoms with Gasteiger partial charge in [0.25, 0.3) is 0 Å². The van der Waals surface area contributed by atoms with Crippen LogP contribution in [-0.2, 0) is 0 Å². The molecule has 25 aromatic rings. The predicted molar refractivity (Wildman–Crippen MR) is 453 cm³/mol. The quantitative estimate of drug-likeness (QED) is 0.158. The highest BCUT2D eigenvalue weighted by Gasteiger charge is 2.28. The lowest BCUT2D eigenvalue weighted by molar-refractivity contribution is 0.668. The molecular weight excluding hydrogens is 1350 g/mol. The van der Waals surface area contributed by atoms with E-state index >= 15 is 0 Å². The molecule has 0 aliphatic rings. The van der Waals surface area contributed by atoms with Crippen LogP contribution in [0.4, 0.5) is 0 Å². The fourth-order valence-corrected chi connectivity index (χ4v) is 18.6. The fourth-order valence-electron chi connectivity index (χ4n) is 18.6. The van der Waals surface area contributed by atoms with Crippen LogP contribution in [0.1, 0.15) is 0 Å². The van der Waals surface area contributed by atoms with Crippen molar-refractivity contribution in [2.45, 2.75) is 0 Å². The summed E-state index contributed by atoms with van der Waals surface area (Å²) in [7, 11) is 0. The Hall–Kier alpha value is -15.0. The summed E-state index contributed by atoms with van der Waals surface area (Å²) in [6.07, 6.45) is 0. The van der Waals surface area contributed by atoms with E-state index in [1.807, 2.05) is 30.3 Å². The summed E-state index contributed by atoms with van der Waals surface area (Å²) in [6.45, 7) is 0. The summed E-state index contributed by atoms with van der Waals surface area (Å²) in [6, 6.07) is 122. The van der Waals surface area contributed by atoms with Gasteiger partial charge in [-0.25, -0.2) is 19.9 Å². The molecule has 8 heterocycles. The molecule has 0 saturated carbocycles. The van der Waals surface area contributed by atoms with Gasteiger partial charge in [0.2, 0.25) is 5.95 Å². The number of furan rings is 2. The Morgan fingerprint density at radius 1 is 0.209 bits per heavy atom. The van der Waals surface area contributed by atoms with Crippen molar-refractivity contribution in [1.29, 1.82) is 0 Å². The molecule has 10 nitrogen and oxygen atoms in total. The molecule has 508 valence electrons. The lowest BCUT2D eigenvalue weighted by atomic mass is 9.93. The lowest BCUT2D eigenvalue weighted by Crippen LogP contribution is -2.04. The SMILES string of the molecule is c1ccc2c(c1)ccc1c2c2ccccc2n1-c1ccc2c3c4ccc(-c5cc(-c6nc(-n7c8cc(-n9c%10ccccc%10c%10ccccc%109)ccc8c8c9ccccc9ccc87)nc7ccccc67)c6c(c5)oc5ccccc56)cc4ccc3n(-c3nc4ccccc4nc3-c3cccc4oc5ccccc5c34)c2c1. The van der Waals surface area contributed by atoms with Gasteiger partial charge in [-0.2, -0.15) is 0 Å².